The first-order chi connectivity index (χ1) is 19.0. The zero-order valence-electron chi connectivity index (χ0n) is 23.4. The molecule has 1 aliphatic heterocycles. The zero-order chi connectivity index (χ0) is 26.9. The molecule has 0 amide bonds. The number of nitrogens with zero attached hydrogens (tertiary/aromatic N) is 2. The molecule has 0 bridgehead atoms. The quantitative estimate of drug-likeness (QED) is 0.288. The van der Waals surface area contributed by atoms with E-state index in [1.165, 1.54) is 51.2 Å². The van der Waals surface area contributed by atoms with Gasteiger partial charge >= 0.3 is 0 Å². The monoisotopic (exact) mass is 516 g/mol. The summed E-state index contributed by atoms with van der Waals surface area (Å²) in [6, 6.07) is 35.8. The van der Waals surface area contributed by atoms with Crippen molar-refractivity contribution >= 4 is 11.4 Å². The number of aliphatic hydroxyl groups is 1. The number of anilines is 2. The number of para-hydroxylation sites is 1. The van der Waals surface area contributed by atoms with Gasteiger partial charge in [-0.05, 0) is 67.5 Å². The number of benzene rings is 4. The second kappa shape index (κ2) is 10.9. The molecule has 4 aromatic carbocycles. The lowest BCUT2D eigenvalue weighted by molar-refractivity contribution is 0.106. The molecule has 200 valence electrons. The Labute approximate surface area is 233 Å². The van der Waals surface area contributed by atoms with Crippen molar-refractivity contribution in [1.29, 1.82) is 0 Å². The minimum Gasteiger partial charge on any atom is -0.392 e. The van der Waals surface area contributed by atoms with Gasteiger partial charge in [-0.2, -0.15) is 0 Å². The number of hydrogen-bond donors (Lipinski definition) is 1. The Morgan fingerprint density at radius 2 is 1.18 bits per heavy atom. The van der Waals surface area contributed by atoms with Crippen LogP contribution < -0.4 is 9.80 Å². The van der Waals surface area contributed by atoms with Crippen molar-refractivity contribution in [2.45, 2.75) is 70.6 Å². The minimum absolute atomic E-state index is 0.121. The topological polar surface area (TPSA) is 26.7 Å². The van der Waals surface area contributed by atoms with Crippen LogP contribution >= 0.6 is 0 Å². The van der Waals surface area contributed by atoms with Crippen molar-refractivity contribution in [3.05, 3.63) is 130 Å². The fourth-order valence-electron chi connectivity index (χ4n) is 7.30. The molecule has 0 unspecified atom stereocenters. The van der Waals surface area contributed by atoms with Gasteiger partial charge in [0.05, 0.1) is 24.9 Å². The maximum absolute atomic E-state index is 11.1. The van der Waals surface area contributed by atoms with Crippen LogP contribution in [-0.2, 0) is 0 Å². The van der Waals surface area contributed by atoms with E-state index in [0.717, 1.165) is 25.9 Å². The highest BCUT2D eigenvalue weighted by molar-refractivity contribution is 5.68. The van der Waals surface area contributed by atoms with E-state index in [1.54, 1.807) is 0 Å². The predicted molar refractivity (Wildman–Crippen MR) is 163 cm³/mol. The first-order valence-electron chi connectivity index (χ1n) is 14.5. The largest absolute Gasteiger partial charge is 0.392 e. The van der Waals surface area contributed by atoms with E-state index < -0.39 is 0 Å². The van der Waals surface area contributed by atoms with Crippen LogP contribution in [0.5, 0.6) is 0 Å². The van der Waals surface area contributed by atoms with E-state index in [4.69, 9.17) is 0 Å². The summed E-state index contributed by atoms with van der Waals surface area (Å²) in [4.78, 5) is 5.24. The lowest BCUT2D eigenvalue weighted by Crippen LogP contribution is -2.30. The molecule has 2 aliphatic rings. The third-order valence-corrected chi connectivity index (χ3v) is 8.86. The van der Waals surface area contributed by atoms with Crippen LogP contribution in [-0.4, -0.2) is 17.9 Å². The summed E-state index contributed by atoms with van der Waals surface area (Å²) < 4.78 is 0. The maximum atomic E-state index is 11.1. The fourth-order valence-corrected chi connectivity index (χ4v) is 7.30. The molecule has 1 aliphatic carbocycles. The van der Waals surface area contributed by atoms with Crippen LogP contribution in [0.1, 0.15) is 77.1 Å². The highest BCUT2D eigenvalue weighted by atomic mass is 16.3. The van der Waals surface area contributed by atoms with Gasteiger partial charge in [-0.15, -0.1) is 0 Å². The molecule has 0 aromatic heterocycles. The summed E-state index contributed by atoms with van der Waals surface area (Å²) in [5.41, 5.74) is 10.4. The van der Waals surface area contributed by atoms with Crippen LogP contribution in [0, 0.1) is 20.8 Å². The molecule has 2 fully saturated rings. The molecule has 1 N–H and O–H groups in total. The van der Waals surface area contributed by atoms with Crippen LogP contribution in [0.15, 0.2) is 97.1 Å². The molecule has 1 saturated carbocycles. The second-order valence-electron chi connectivity index (χ2n) is 11.6. The molecule has 0 spiro atoms. The Morgan fingerprint density at radius 1 is 0.641 bits per heavy atom. The van der Waals surface area contributed by atoms with E-state index in [-0.39, 0.29) is 24.1 Å². The Hall–Kier alpha value is -3.56. The second-order valence-corrected chi connectivity index (χ2v) is 11.6. The highest BCUT2D eigenvalue weighted by Crippen LogP contribution is 2.51. The first-order valence-corrected chi connectivity index (χ1v) is 14.5. The van der Waals surface area contributed by atoms with Crippen LogP contribution in [0.4, 0.5) is 11.4 Å². The van der Waals surface area contributed by atoms with Gasteiger partial charge in [0.2, 0.25) is 0 Å². The maximum Gasteiger partial charge on any atom is 0.0917 e. The van der Waals surface area contributed by atoms with E-state index in [2.05, 4.69) is 128 Å². The molecule has 1 saturated heterocycles. The van der Waals surface area contributed by atoms with E-state index in [0.29, 0.717) is 0 Å². The molecule has 3 heteroatoms. The molecule has 4 atom stereocenters. The zero-order valence-corrected chi connectivity index (χ0v) is 23.4. The highest BCUT2D eigenvalue weighted by Gasteiger charge is 2.44. The SMILES string of the molecule is Cc1cc(C)c(N2CN(c3ccccc3[C@@H]3CCCC[C@H]3O)[C@@H](c3ccccc3)[C@@H]2c2ccccc2)c(C)c1. The van der Waals surface area contributed by atoms with Gasteiger partial charge < -0.3 is 14.9 Å². The lowest BCUT2D eigenvalue weighted by Gasteiger charge is -2.35. The molecule has 39 heavy (non-hydrogen) atoms. The van der Waals surface area contributed by atoms with Gasteiger partial charge in [0.15, 0.2) is 0 Å². The molecule has 6 rings (SSSR count). The Morgan fingerprint density at radius 3 is 1.79 bits per heavy atom. The van der Waals surface area contributed by atoms with Crippen LogP contribution in [0.25, 0.3) is 0 Å². The van der Waals surface area contributed by atoms with Gasteiger partial charge in [0.25, 0.3) is 0 Å². The molecule has 0 radical (unpaired) electrons. The Kier molecular flexibility index (Phi) is 7.18. The lowest BCUT2D eigenvalue weighted by atomic mass is 9.80. The summed E-state index contributed by atoms with van der Waals surface area (Å²) in [7, 11) is 0. The van der Waals surface area contributed by atoms with E-state index >= 15 is 0 Å². The summed E-state index contributed by atoms with van der Waals surface area (Å²) in [5.74, 6) is 0.179. The standard InChI is InChI=1S/C36H40N2O/c1-25-22-26(2)34(27(3)23-25)38-24-37(32-20-12-10-18-30(32)31-19-11-13-21-33(31)39)35(28-14-6-4-7-15-28)36(38)29-16-8-5-9-17-29/h4-10,12,14-18,20,22-23,31,33,35-36,39H,11,13,19,21,24H2,1-3H3/t31-,33+,35-,36-/m0/s1. The summed E-state index contributed by atoms with van der Waals surface area (Å²) in [6.45, 7) is 7.48. The van der Waals surface area contributed by atoms with Crippen molar-refractivity contribution in [2.75, 3.05) is 16.5 Å². The number of rotatable bonds is 5. The molecule has 4 aromatic rings. The van der Waals surface area contributed by atoms with Crippen LogP contribution in [0.3, 0.4) is 0 Å². The summed E-state index contributed by atoms with van der Waals surface area (Å²) >= 11 is 0. The predicted octanol–water partition coefficient (Wildman–Crippen LogP) is 8.40. The van der Waals surface area contributed by atoms with Crippen molar-refractivity contribution in [3.8, 4) is 0 Å². The Bertz CT molecular complexity index is 1390. The van der Waals surface area contributed by atoms with E-state index in [1.807, 2.05) is 0 Å². The smallest absolute Gasteiger partial charge is 0.0917 e. The van der Waals surface area contributed by atoms with Crippen molar-refractivity contribution in [1.82, 2.24) is 0 Å². The Balaban J connectivity index is 1.56. The van der Waals surface area contributed by atoms with Gasteiger partial charge in [-0.25, -0.2) is 0 Å². The third kappa shape index (κ3) is 4.85. The van der Waals surface area contributed by atoms with Crippen molar-refractivity contribution in [3.63, 3.8) is 0 Å². The van der Waals surface area contributed by atoms with Crippen molar-refractivity contribution in [2.24, 2.45) is 0 Å². The minimum atomic E-state index is -0.278. The average molecular weight is 517 g/mol. The molecular formula is C36H40N2O. The first kappa shape index (κ1) is 25.7. The van der Waals surface area contributed by atoms with E-state index in [9.17, 15) is 5.11 Å². The number of aryl methyl sites for hydroxylation is 3. The number of hydrogen-bond acceptors (Lipinski definition) is 3. The van der Waals surface area contributed by atoms with Gasteiger partial charge in [-0.1, -0.05) is 109 Å². The molecule has 1 heterocycles. The fraction of sp³-hybridized carbons (Fsp3) is 0.333. The van der Waals surface area contributed by atoms with Crippen LogP contribution in [0.2, 0.25) is 0 Å². The van der Waals surface area contributed by atoms with Gasteiger partial charge in [-0.3, -0.25) is 0 Å². The average Bonchev–Trinajstić information content (AvgIpc) is 3.33. The normalized spacial score (nSPS) is 23.3. The molecule has 3 nitrogen and oxygen atoms in total. The van der Waals surface area contributed by atoms with Gasteiger partial charge in [0.1, 0.15) is 0 Å². The number of aliphatic hydroxyl groups excluding tert-OH is 1. The molecular weight excluding hydrogens is 476 g/mol. The third-order valence-electron chi connectivity index (χ3n) is 8.86. The summed E-state index contributed by atoms with van der Waals surface area (Å²) in [5, 5.41) is 11.1. The van der Waals surface area contributed by atoms with Gasteiger partial charge in [0, 0.05) is 17.3 Å². The summed E-state index contributed by atoms with van der Waals surface area (Å²) in [6.07, 6.45) is 3.96. The van der Waals surface area contributed by atoms with Crippen molar-refractivity contribution < 1.29 is 5.11 Å².